The maximum absolute atomic E-state index is 12.3. The first-order valence-electron chi connectivity index (χ1n) is 9.15. The summed E-state index contributed by atoms with van der Waals surface area (Å²) >= 11 is 0. The lowest BCUT2D eigenvalue weighted by Crippen LogP contribution is -2.14. The molecule has 3 aromatic rings. The minimum absolute atomic E-state index is 0.0323. The fourth-order valence-corrected chi connectivity index (χ4v) is 3.57. The molecular formula is C23H22N2O. The monoisotopic (exact) mass is 342 g/mol. The number of hydrogen-bond donors (Lipinski definition) is 1. The first-order chi connectivity index (χ1) is 12.8. The van der Waals surface area contributed by atoms with Gasteiger partial charge in [0.1, 0.15) is 0 Å². The summed E-state index contributed by atoms with van der Waals surface area (Å²) in [5.74, 6) is 0.0323. The van der Waals surface area contributed by atoms with Gasteiger partial charge in [0.25, 0.3) is 0 Å². The zero-order chi connectivity index (χ0) is 17.8. The van der Waals surface area contributed by atoms with Gasteiger partial charge in [-0.2, -0.15) is 0 Å². The van der Waals surface area contributed by atoms with Gasteiger partial charge >= 0.3 is 0 Å². The predicted octanol–water partition coefficient (Wildman–Crippen LogP) is 4.34. The normalized spacial score (nSPS) is 12.6. The Morgan fingerprint density at radius 1 is 0.846 bits per heavy atom. The Morgan fingerprint density at radius 2 is 1.54 bits per heavy atom. The van der Waals surface area contributed by atoms with Crippen LogP contribution in [0.25, 0.3) is 0 Å². The number of carbonyl (C=O) groups is 1. The van der Waals surface area contributed by atoms with Crippen molar-refractivity contribution in [3.63, 3.8) is 0 Å². The molecule has 3 heteroatoms. The van der Waals surface area contributed by atoms with Gasteiger partial charge in [-0.15, -0.1) is 0 Å². The van der Waals surface area contributed by atoms with Crippen molar-refractivity contribution in [1.29, 1.82) is 0 Å². The number of benzene rings is 2. The molecule has 0 aliphatic heterocycles. The molecule has 130 valence electrons. The van der Waals surface area contributed by atoms with Gasteiger partial charge in [-0.1, -0.05) is 30.3 Å². The maximum Gasteiger partial charge on any atom is 0.228 e. The van der Waals surface area contributed by atoms with Crippen molar-refractivity contribution in [3.8, 4) is 0 Å². The average molecular weight is 342 g/mol. The third-order valence-electron chi connectivity index (χ3n) is 4.92. The van der Waals surface area contributed by atoms with E-state index in [4.69, 9.17) is 0 Å². The number of carbonyl (C=O) groups excluding carboxylic acids is 1. The zero-order valence-corrected chi connectivity index (χ0v) is 14.7. The van der Waals surface area contributed by atoms with Crippen molar-refractivity contribution in [2.45, 2.75) is 32.1 Å². The van der Waals surface area contributed by atoms with Crippen LogP contribution in [-0.4, -0.2) is 10.9 Å². The standard InChI is InChI=1S/C23H22N2O/c26-23(16-19-4-7-20-2-1-3-21(20)15-19)25-22-8-5-17(6-9-22)14-18-10-12-24-13-11-18/h4-13,15H,1-3,14,16H2,(H,25,26). The minimum atomic E-state index is 0.0323. The maximum atomic E-state index is 12.3. The molecule has 26 heavy (non-hydrogen) atoms. The van der Waals surface area contributed by atoms with Gasteiger partial charge in [0.15, 0.2) is 0 Å². The van der Waals surface area contributed by atoms with Crippen LogP contribution in [0.2, 0.25) is 0 Å². The smallest absolute Gasteiger partial charge is 0.228 e. The first-order valence-corrected chi connectivity index (χ1v) is 9.15. The van der Waals surface area contributed by atoms with E-state index in [-0.39, 0.29) is 5.91 Å². The largest absolute Gasteiger partial charge is 0.326 e. The van der Waals surface area contributed by atoms with E-state index in [0.29, 0.717) is 6.42 Å². The Morgan fingerprint density at radius 3 is 2.35 bits per heavy atom. The topological polar surface area (TPSA) is 42.0 Å². The SMILES string of the molecule is O=C(Cc1ccc2c(c1)CCC2)Nc1ccc(Cc2ccncc2)cc1. The second-order valence-corrected chi connectivity index (χ2v) is 6.91. The van der Waals surface area contributed by atoms with Crippen LogP contribution in [0.3, 0.4) is 0 Å². The number of fused-ring (bicyclic) bond motifs is 1. The van der Waals surface area contributed by atoms with Crippen molar-refractivity contribution < 1.29 is 4.79 Å². The van der Waals surface area contributed by atoms with Crippen LogP contribution < -0.4 is 5.32 Å². The number of nitrogens with one attached hydrogen (secondary N) is 1. The molecule has 1 heterocycles. The van der Waals surface area contributed by atoms with E-state index in [2.05, 4.69) is 40.6 Å². The van der Waals surface area contributed by atoms with E-state index >= 15 is 0 Å². The number of pyridine rings is 1. The van der Waals surface area contributed by atoms with Crippen molar-refractivity contribution in [3.05, 3.63) is 94.8 Å². The molecule has 0 atom stereocenters. The molecule has 1 amide bonds. The summed E-state index contributed by atoms with van der Waals surface area (Å²) in [4.78, 5) is 16.4. The van der Waals surface area contributed by atoms with Crippen LogP contribution in [0.1, 0.15) is 34.2 Å². The predicted molar refractivity (Wildman–Crippen MR) is 104 cm³/mol. The van der Waals surface area contributed by atoms with Crippen molar-refractivity contribution in [2.75, 3.05) is 5.32 Å². The van der Waals surface area contributed by atoms with Crippen LogP contribution >= 0.6 is 0 Å². The molecule has 4 rings (SSSR count). The van der Waals surface area contributed by atoms with Gasteiger partial charge in [0.2, 0.25) is 5.91 Å². The molecule has 1 aromatic heterocycles. The number of hydrogen-bond acceptors (Lipinski definition) is 2. The third kappa shape index (κ3) is 3.99. The van der Waals surface area contributed by atoms with E-state index < -0.39 is 0 Å². The van der Waals surface area contributed by atoms with Crippen LogP contribution in [0.5, 0.6) is 0 Å². The highest BCUT2D eigenvalue weighted by Gasteiger charge is 2.12. The Bertz CT molecular complexity index is 901. The lowest BCUT2D eigenvalue weighted by atomic mass is 10.0. The van der Waals surface area contributed by atoms with E-state index in [1.54, 1.807) is 0 Å². The second-order valence-electron chi connectivity index (χ2n) is 6.91. The summed E-state index contributed by atoms with van der Waals surface area (Å²) in [7, 11) is 0. The number of amides is 1. The number of anilines is 1. The highest BCUT2D eigenvalue weighted by Crippen LogP contribution is 2.23. The number of rotatable bonds is 5. The van der Waals surface area contributed by atoms with Gasteiger partial charge in [0.05, 0.1) is 6.42 Å². The van der Waals surface area contributed by atoms with Crippen LogP contribution in [-0.2, 0) is 30.5 Å². The van der Waals surface area contributed by atoms with Gasteiger partial charge in [0, 0.05) is 18.1 Å². The lowest BCUT2D eigenvalue weighted by molar-refractivity contribution is -0.115. The molecule has 2 aromatic carbocycles. The first kappa shape index (κ1) is 16.5. The van der Waals surface area contributed by atoms with Crippen molar-refractivity contribution in [2.24, 2.45) is 0 Å². The van der Waals surface area contributed by atoms with Crippen molar-refractivity contribution in [1.82, 2.24) is 4.98 Å². The summed E-state index contributed by atoms with van der Waals surface area (Å²) in [6, 6.07) is 18.6. The van der Waals surface area contributed by atoms with E-state index in [9.17, 15) is 4.79 Å². The summed E-state index contributed by atoms with van der Waals surface area (Å²) in [5, 5.41) is 3.00. The Labute approximate surface area is 154 Å². The molecule has 0 saturated heterocycles. The molecule has 1 aliphatic carbocycles. The molecule has 0 radical (unpaired) electrons. The molecule has 1 aliphatic rings. The summed E-state index contributed by atoms with van der Waals surface area (Å²) in [6.45, 7) is 0. The lowest BCUT2D eigenvalue weighted by Gasteiger charge is -2.08. The van der Waals surface area contributed by atoms with E-state index in [0.717, 1.165) is 24.1 Å². The Balaban J connectivity index is 1.35. The fourth-order valence-electron chi connectivity index (χ4n) is 3.57. The van der Waals surface area contributed by atoms with Crippen LogP contribution in [0.15, 0.2) is 67.0 Å². The summed E-state index contributed by atoms with van der Waals surface area (Å²) in [6.07, 6.45) is 8.46. The number of aryl methyl sites for hydroxylation is 2. The fraction of sp³-hybridized carbons (Fsp3) is 0.217. The van der Waals surface area contributed by atoms with Crippen LogP contribution in [0, 0.1) is 0 Å². The van der Waals surface area contributed by atoms with Gasteiger partial charge in [-0.3, -0.25) is 9.78 Å². The molecule has 0 bridgehead atoms. The molecule has 0 unspecified atom stereocenters. The molecule has 1 N–H and O–H groups in total. The third-order valence-corrected chi connectivity index (χ3v) is 4.92. The van der Waals surface area contributed by atoms with E-state index in [1.165, 1.54) is 35.1 Å². The molecule has 3 nitrogen and oxygen atoms in total. The van der Waals surface area contributed by atoms with Gasteiger partial charge < -0.3 is 5.32 Å². The average Bonchev–Trinajstić information content (AvgIpc) is 3.12. The molecule has 0 saturated carbocycles. The molecular weight excluding hydrogens is 320 g/mol. The highest BCUT2D eigenvalue weighted by atomic mass is 16.1. The highest BCUT2D eigenvalue weighted by molar-refractivity contribution is 5.92. The quantitative estimate of drug-likeness (QED) is 0.749. The van der Waals surface area contributed by atoms with Gasteiger partial charge in [-0.25, -0.2) is 0 Å². The Hall–Kier alpha value is -2.94. The Kier molecular flexibility index (Phi) is 4.78. The summed E-state index contributed by atoms with van der Waals surface area (Å²) in [5.41, 5.74) is 7.24. The number of nitrogens with zero attached hydrogens (tertiary/aromatic N) is 1. The van der Waals surface area contributed by atoms with E-state index in [1.807, 2.05) is 36.7 Å². The minimum Gasteiger partial charge on any atom is -0.326 e. The van der Waals surface area contributed by atoms with Gasteiger partial charge in [-0.05, 0) is 77.8 Å². The summed E-state index contributed by atoms with van der Waals surface area (Å²) < 4.78 is 0. The van der Waals surface area contributed by atoms with Crippen molar-refractivity contribution >= 4 is 11.6 Å². The zero-order valence-electron chi connectivity index (χ0n) is 14.7. The van der Waals surface area contributed by atoms with Crippen LogP contribution in [0.4, 0.5) is 5.69 Å². The molecule has 0 fully saturated rings. The molecule has 0 spiro atoms. The number of aromatic nitrogens is 1. The second kappa shape index (κ2) is 7.52.